The lowest BCUT2D eigenvalue weighted by atomic mass is 9.87. The van der Waals surface area contributed by atoms with E-state index in [4.69, 9.17) is 9.15 Å². The van der Waals surface area contributed by atoms with E-state index in [2.05, 4.69) is 37.4 Å². The zero-order valence-electron chi connectivity index (χ0n) is 20.8. The van der Waals surface area contributed by atoms with E-state index in [9.17, 15) is 9.59 Å². The van der Waals surface area contributed by atoms with Crippen LogP contribution in [-0.2, 0) is 17.8 Å². The van der Waals surface area contributed by atoms with Gasteiger partial charge in [-0.05, 0) is 59.7 Å². The smallest absolute Gasteiger partial charge is 0.286 e. The van der Waals surface area contributed by atoms with Gasteiger partial charge in [0.2, 0.25) is 5.91 Å². The molecule has 1 aliphatic rings. The maximum absolute atomic E-state index is 12.8. The quantitative estimate of drug-likeness (QED) is 0.443. The molecule has 35 heavy (non-hydrogen) atoms. The fraction of sp³-hybridized carbons (Fsp3) is 0.379. The number of amides is 2. The zero-order chi connectivity index (χ0) is 24.8. The molecule has 0 fully saturated rings. The maximum atomic E-state index is 12.8. The van der Waals surface area contributed by atoms with Gasteiger partial charge in [0.1, 0.15) is 18.1 Å². The van der Waals surface area contributed by atoms with Gasteiger partial charge in [0.15, 0.2) is 5.76 Å². The predicted octanol–water partition coefficient (Wildman–Crippen LogP) is 5.52. The molecular formula is C29H34N2O4. The molecule has 184 valence electrons. The fourth-order valence-electron chi connectivity index (χ4n) is 4.44. The van der Waals surface area contributed by atoms with Crippen molar-refractivity contribution in [3.8, 4) is 5.75 Å². The summed E-state index contributed by atoms with van der Waals surface area (Å²) in [5.41, 5.74) is 3.41. The van der Waals surface area contributed by atoms with Gasteiger partial charge >= 0.3 is 0 Å². The van der Waals surface area contributed by atoms with Crippen molar-refractivity contribution in [3.63, 3.8) is 0 Å². The van der Waals surface area contributed by atoms with Crippen molar-refractivity contribution in [2.45, 2.75) is 52.7 Å². The van der Waals surface area contributed by atoms with Gasteiger partial charge in [-0.2, -0.15) is 0 Å². The van der Waals surface area contributed by atoms with Crippen molar-refractivity contribution in [2.24, 2.45) is 5.92 Å². The molecule has 3 aromatic rings. The number of hydrogen-bond acceptors (Lipinski definition) is 4. The fourth-order valence-corrected chi connectivity index (χ4v) is 4.44. The largest absolute Gasteiger partial charge is 0.486 e. The lowest BCUT2D eigenvalue weighted by Gasteiger charge is -2.38. The molecule has 1 aromatic heterocycles. The first-order valence-electron chi connectivity index (χ1n) is 12.4. The Morgan fingerprint density at radius 1 is 1.11 bits per heavy atom. The maximum Gasteiger partial charge on any atom is 0.286 e. The van der Waals surface area contributed by atoms with Crippen LogP contribution in [0, 0.1) is 5.92 Å². The molecule has 0 spiro atoms. The highest BCUT2D eigenvalue weighted by Gasteiger charge is 2.31. The number of ether oxygens (including phenoxy) is 1. The number of nitrogens with one attached hydrogen (secondary N) is 1. The van der Waals surface area contributed by atoms with E-state index in [0.717, 1.165) is 24.0 Å². The van der Waals surface area contributed by atoms with Gasteiger partial charge in [-0.15, -0.1) is 0 Å². The monoisotopic (exact) mass is 474 g/mol. The van der Waals surface area contributed by atoms with Crippen LogP contribution in [0.15, 0.2) is 65.1 Å². The van der Waals surface area contributed by atoms with Crippen LogP contribution in [0.4, 0.5) is 0 Å². The third-order valence-corrected chi connectivity index (χ3v) is 6.36. The van der Waals surface area contributed by atoms with Gasteiger partial charge in [-0.1, -0.05) is 57.2 Å². The highest BCUT2D eigenvalue weighted by molar-refractivity contribution is 5.91. The topological polar surface area (TPSA) is 71.8 Å². The summed E-state index contributed by atoms with van der Waals surface area (Å²) in [6.07, 6.45) is 2.21. The Morgan fingerprint density at radius 2 is 1.91 bits per heavy atom. The van der Waals surface area contributed by atoms with Gasteiger partial charge in [-0.3, -0.25) is 9.59 Å². The Balaban J connectivity index is 1.48. The molecule has 1 N–H and O–H groups in total. The van der Waals surface area contributed by atoms with E-state index in [1.54, 1.807) is 12.1 Å². The Kier molecular flexibility index (Phi) is 7.91. The lowest BCUT2D eigenvalue weighted by molar-refractivity contribution is -0.132. The second-order valence-electron chi connectivity index (χ2n) is 9.36. The minimum atomic E-state index is -0.211. The van der Waals surface area contributed by atoms with Crippen molar-refractivity contribution >= 4 is 11.8 Å². The number of rotatable bonds is 9. The van der Waals surface area contributed by atoms with Gasteiger partial charge in [0.05, 0.1) is 6.04 Å². The van der Waals surface area contributed by atoms with Crippen LogP contribution in [0.3, 0.4) is 0 Å². The van der Waals surface area contributed by atoms with Gasteiger partial charge < -0.3 is 19.4 Å². The summed E-state index contributed by atoms with van der Waals surface area (Å²) in [6.45, 7) is 7.69. The van der Waals surface area contributed by atoms with E-state index in [0.29, 0.717) is 36.9 Å². The van der Waals surface area contributed by atoms with E-state index >= 15 is 0 Å². The van der Waals surface area contributed by atoms with Crippen LogP contribution in [-0.4, -0.2) is 29.8 Å². The summed E-state index contributed by atoms with van der Waals surface area (Å²) in [4.78, 5) is 27.0. The number of benzene rings is 2. The van der Waals surface area contributed by atoms with E-state index in [1.165, 1.54) is 5.56 Å². The highest BCUT2D eigenvalue weighted by atomic mass is 16.5. The molecule has 2 amide bonds. The molecule has 0 bridgehead atoms. The van der Waals surface area contributed by atoms with Crippen molar-refractivity contribution in [1.82, 2.24) is 10.2 Å². The normalized spacial score (nSPS) is 15.1. The second kappa shape index (κ2) is 11.3. The van der Waals surface area contributed by atoms with Gasteiger partial charge in [-0.25, -0.2) is 0 Å². The first kappa shape index (κ1) is 24.6. The summed E-state index contributed by atoms with van der Waals surface area (Å²) < 4.78 is 11.7. The van der Waals surface area contributed by atoms with Crippen molar-refractivity contribution in [1.29, 1.82) is 0 Å². The minimum Gasteiger partial charge on any atom is -0.486 e. The Labute approximate surface area is 207 Å². The molecule has 0 saturated carbocycles. The number of fused-ring (bicyclic) bond motifs is 1. The molecule has 1 atom stereocenters. The molecule has 2 heterocycles. The third kappa shape index (κ3) is 5.94. The summed E-state index contributed by atoms with van der Waals surface area (Å²) in [6, 6.07) is 19.5. The third-order valence-electron chi connectivity index (χ3n) is 6.36. The average Bonchev–Trinajstić information content (AvgIpc) is 3.35. The predicted molar refractivity (Wildman–Crippen MR) is 135 cm³/mol. The Hall–Kier alpha value is -3.54. The second-order valence-corrected chi connectivity index (χ2v) is 9.36. The molecule has 0 aliphatic carbocycles. The standard InChI is InChI=1S/C29H34N2O4/c1-4-27(32)31-17-15-21-10-11-23(18-25(21)28(31)22-8-6-5-7-9-22)34-19-24-12-13-26(35-24)29(33)30-16-14-20(2)3/h5-13,18,20,28H,4,14-17,19H2,1-3H3,(H,30,33). The summed E-state index contributed by atoms with van der Waals surface area (Å²) >= 11 is 0. The Bertz CT molecular complexity index is 1150. The molecular weight excluding hydrogens is 440 g/mol. The molecule has 2 aromatic carbocycles. The minimum absolute atomic E-state index is 0.138. The zero-order valence-corrected chi connectivity index (χ0v) is 20.8. The van der Waals surface area contributed by atoms with E-state index < -0.39 is 0 Å². The first-order chi connectivity index (χ1) is 17.0. The highest BCUT2D eigenvalue weighted by Crippen LogP contribution is 2.37. The molecule has 0 saturated heterocycles. The molecule has 4 rings (SSSR count). The molecule has 1 unspecified atom stereocenters. The van der Waals surface area contributed by atoms with Crippen LogP contribution >= 0.6 is 0 Å². The first-order valence-corrected chi connectivity index (χ1v) is 12.4. The molecule has 1 aliphatic heterocycles. The number of furan rings is 1. The van der Waals surface area contributed by atoms with Crippen LogP contribution in [0.1, 0.15) is 72.7 Å². The van der Waals surface area contributed by atoms with E-state index in [-0.39, 0.29) is 30.2 Å². The summed E-state index contributed by atoms with van der Waals surface area (Å²) in [7, 11) is 0. The van der Waals surface area contributed by atoms with Crippen LogP contribution in [0.5, 0.6) is 5.75 Å². The summed E-state index contributed by atoms with van der Waals surface area (Å²) in [5, 5.41) is 2.88. The van der Waals surface area contributed by atoms with Crippen LogP contribution < -0.4 is 10.1 Å². The van der Waals surface area contributed by atoms with Crippen LogP contribution in [0.2, 0.25) is 0 Å². The van der Waals surface area contributed by atoms with Gasteiger partial charge in [0.25, 0.3) is 5.91 Å². The molecule has 6 heteroatoms. The van der Waals surface area contributed by atoms with Crippen molar-refractivity contribution in [3.05, 3.63) is 88.9 Å². The molecule has 6 nitrogen and oxygen atoms in total. The number of hydrogen-bond donors (Lipinski definition) is 1. The van der Waals surface area contributed by atoms with Crippen LogP contribution in [0.25, 0.3) is 0 Å². The lowest BCUT2D eigenvalue weighted by Crippen LogP contribution is -2.40. The SMILES string of the molecule is CCC(=O)N1CCc2ccc(OCc3ccc(C(=O)NCCC(C)C)o3)cc2C1c1ccccc1. The van der Waals surface area contributed by atoms with Crippen molar-refractivity contribution < 1.29 is 18.7 Å². The van der Waals surface area contributed by atoms with Gasteiger partial charge in [0, 0.05) is 19.5 Å². The average molecular weight is 475 g/mol. The Morgan fingerprint density at radius 3 is 2.66 bits per heavy atom. The van der Waals surface area contributed by atoms with E-state index in [1.807, 2.05) is 42.2 Å². The molecule has 0 radical (unpaired) electrons. The summed E-state index contributed by atoms with van der Waals surface area (Å²) in [5.74, 6) is 2.04. The number of carbonyl (C=O) groups excluding carboxylic acids is 2. The van der Waals surface area contributed by atoms with Crippen molar-refractivity contribution in [2.75, 3.05) is 13.1 Å². The number of nitrogens with zero attached hydrogens (tertiary/aromatic N) is 1. The number of carbonyl (C=O) groups is 2.